The van der Waals surface area contributed by atoms with Crippen LogP contribution in [0.25, 0.3) is 0 Å². The average molecular weight is 245 g/mol. The minimum Gasteiger partial charge on any atom is -0.309 e. The summed E-state index contributed by atoms with van der Waals surface area (Å²) in [5, 5.41) is 3.63. The third-order valence-corrected chi connectivity index (χ3v) is 4.07. The van der Waals surface area contributed by atoms with Crippen molar-refractivity contribution in [2.24, 2.45) is 0 Å². The average Bonchev–Trinajstić information content (AvgIpc) is 2.72. The molecule has 1 aromatic rings. The molecule has 0 fully saturated rings. The van der Waals surface area contributed by atoms with Gasteiger partial charge in [-0.15, -0.1) is 18.2 Å². The number of terminal acetylenes is 1. The summed E-state index contributed by atoms with van der Waals surface area (Å²) >= 11 is 1.82. The molecule has 90 valence electrons. The van der Waals surface area contributed by atoms with E-state index in [1.165, 1.54) is 29.5 Å². The van der Waals surface area contributed by atoms with E-state index in [2.05, 4.69) is 36.4 Å². The second kappa shape index (κ2) is 6.14. The van der Waals surface area contributed by atoms with Crippen LogP contribution in [0.15, 0.2) is 18.2 Å². The Morgan fingerprint density at radius 3 is 3.24 bits per heavy atom. The van der Waals surface area contributed by atoms with E-state index in [0.29, 0.717) is 6.04 Å². The molecule has 0 aromatic heterocycles. The first-order chi connectivity index (χ1) is 8.31. The van der Waals surface area contributed by atoms with Gasteiger partial charge in [-0.25, -0.2) is 0 Å². The highest BCUT2D eigenvalue weighted by molar-refractivity contribution is 7.99. The Labute approximate surface area is 108 Å². The van der Waals surface area contributed by atoms with Crippen LogP contribution in [-0.2, 0) is 6.42 Å². The van der Waals surface area contributed by atoms with Crippen molar-refractivity contribution in [1.29, 1.82) is 0 Å². The maximum atomic E-state index is 5.22. The Morgan fingerprint density at radius 1 is 1.53 bits per heavy atom. The first kappa shape index (κ1) is 12.5. The van der Waals surface area contributed by atoms with Crippen molar-refractivity contribution < 1.29 is 0 Å². The predicted octanol–water partition coefficient (Wildman–Crippen LogP) is 2.94. The van der Waals surface area contributed by atoms with E-state index in [1.54, 1.807) is 0 Å². The van der Waals surface area contributed by atoms with Crippen LogP contribution in [0.3, 0.4) is 0 Å². The lowest BCUT2D eigenvalue weighted by atomic mass is 10.1. The molecule has 1 atom stereocenters. The van der Waals surface area contributed by atoms with Gasteiger partial charge in [0, 0.05) is 18.3 Å². The molecule has 1 unspecified atom stereocenters. The second-order valence-corrected chi connectivity index (χ2v) is 5.61. The van der Waals surface area contributed by atoms with Gasteiger partial charge in [-0.3, -0.25) is 0 Å². The Balaban J connectivity index is 1.85. The summed E-state index contributed by atoms with van der Waals surface area (Å²) in [5.41, 5.74) is 4.38. The zero-order valence-corrected chi connectivity index (χ0v) is 11.1. The number of rotatable bonds is 5. The number of aryl methyl sites for hydroxylation is 2. The third kappa shape index (κ3) is 3.28. The van der Waals surface area contributed by atoms with Crippen LogP contribution in [0, 0.1) is 19.3 Å². The molecular weight excluding hydrogens is 226 g/mol. The van der Waals surface area contributed by atoms with Crippen LogP contribution < -0.4 is 5.32 Å². The molecule has 0 radical (unpaired) electrons. The van der Waals surface area contributed by atoms with Crippen molar-refractivity contribution in [2.75, 3.05) is 18.1 Å². The molecule has 0 saturated heterocycles. The molecule has 1 N–H and O–H groups in total. The summed E-state index contributed by atoms with van der Waals surface area (Å²) in [6.45, 7) is 3.21. The summed E-state index contributed by atoms with van der Waals surface area (Å²) in [7, 11) is 0. The quantitative estimate of drug-likeness (QED) is 0.632. The summed E-state index contributed by atoms with van der Waals surface area (Å²) in [4.78, 5) is 0. The van der Waals surface area contributed by atoms with E-state index in [1.807, 2.05) is 11.8 Å². The van der Waals surface area contributed by atoms with E-state index < -0.39 is 0 Å². The number of hydrogen-bond acceptors (Lipinski definition) is 2. The lowest BCUT2D eigenvalue weighted by Gasteiger charge is -2.14. The van der Waals surface area contributed by atoms with Crippen molar-refractivity contribution in [2.45, 2.75) is 25.8 Å². The molecule has 2 heteroatoms. The lowest BCUT2D eigenvalue weighted by Crippen LogP contribution is -2.22. The highest BCUT2D eigenvalue weighted by atomic mass is 32.2. The standard InChI is InChI=1S/C15H19NS/c1-3-9-17-10-8-16-15-7-6-13-5-4-12(2)11-14(13)15/h1,4-5,11,15-16H,6-10H2,2H3. The number of benzene rings is 1. The molecule has 0 saturated carbocycles. The van der Waals surface area contributed by atoms with E-state index >= 15 is 0 Å². The van der Waals surface area contributed by atoms with E-state index in [-0.39, 0.29) is 0 Å². The van der Waals surface area contributed by atoms with Crippen molar-refractivity contribution >= 4 is 11.8 Å². The fourth-order valence-electron chi connectivity index (χ4n) is 2.37. The molecule has 1 aromatic carbocycles. The maximum absolute atomic E-state index is 5.22. The van der Waals surface area contributed by atoms with Gasteiger partial charge in [0.1, 0.15) is 0 Å². The zero-order valence-electron chi connectivity index (χ0n) is 10.3. The molecule has 0 heterocycles. The summed E-state index contributed by atoms with van der Waals surface area (Å²) in [6.07, 6.45) is 7.67. The smallest absolute Gasteiger partial charge is 0.0545 e. The van der Waals surface area contributed by atoms with E-state index in [4.69, 9.17) is 6.42 Å². The van der Waals surface area contributed by atoms with Gasteiger partial charge in [0.05, 0.1) is 5.75 Å². The van der Waals surface area contributed by atoms with Gasteiger partial charge in [0.25, 0.3) is 0 Å². The molecule has 0 spiro atoms. The van der Waals surface area contributed by atoms with E-state index in [0.717, 1.165) is 18.1 Å². The monoisotopic (exact) mass is 245 g/mol. The Bertz CT molecular complexity index is 419. The first-order valence-corrected chi connectivity index (χ1v) is 7.31. The van der Waals surface area contributed by atoms with Crippen LogP contribution in [0.2, 0.25) is 0 Å². The molecule has 0 aliphatic heterocycles. The third-order valence-electron chi connectivity index (χ3n) is 3.20. The Kier molecular flexibility index (Phi) is 4.53. The predicted molar refractivity (Wildman–Crippen MR) is 76.4 cm³/mol. The fraction of sp³-hybridized carbons (Fsp3) is 0.467. The number of thioether (sulfide) groups is 1. The molecule has 2 rings (SSSR count). The number of hydrogen-bond donors (Lipinski definition) is 1. The Hall–Kier alpha value is -0.910. The lowest BCUT2D eigenvalue weighted by molar-refractivity contribution is 0.551. The SMILES string of the molecule is C#CCSCCNC1CCc2ccc(C)cc21. The van der Waals surface area contributed by atoms with Crippen LogP contribution in [0.1, 0.15) is 29.2 Å². The molecule has 1 aliphatic carbocycles. The maximum Gasteiger partial charge on any atom is 0.0545 e. The van der Waals surface area contributed by atoms with Crippen molar-refractivity contribution in [3.8, 4) is 12.3 Å². The highest BCUT2D eigenvalue weighted by Gasteiger charge is 2.21. The fourth-order valence-corrected chi connectivity index (χ4v) is 2.89. The second-order valence-electron chi connectivity index (χ2n) is 4.50. The topological polar surface area (TPSA) is 12.0 Å². The number of fused-ring (bicyclic) bond motifs is 1. The minimum atomic E-state index is 0.552. The van der Waals surface area contributed by atoms with Gasteiger partial charge in [0.15, 0.2) is 0 Å². The molecule has 17 heavy (non-hydrogen) atoms. The first-order valence-electron chi connectivity index (χ1n) is 6.15. The van der Waals surface area contributed by atoms with Gasteiger partial charge >= 0.3 is 0 Å². The summed E-state index contributed by atoms with van der Waals surface area (Å²) in [5.74, 6) is 4.57. The molecular formula is C15H19NS. The largest absolute Gasteiger partial charge is 0.309 e. The normalized spacial score (nSPS) is 17.8. The zero-order chi connectivity index (χ0) is 12.1. The van der Waals surface area contributed by atoms with Crippen LogP contribution in [0.4, 0.5) is 0 Å². The van der Waals surface area contributed by atoms with Gasteiger partial charge in [-0.05, 0) is 30.9 Å². The molecule has 0 amide bonds. The summed E-state index contributed by atoms with van der Waals surface area (Å²) in [6, 6.07) is 7.37. The van der Waals surface area contributed by atoms with Gasteiger partial charge in [0.2, 0.25) is 0 Å². The van der Waals surface area contributed by atoms with Crippen molar-refractivity contribution in [3.05, 3.63) is 34.9 Å². The minimum absolute atomic E-state index is 0.552. The highest BCUT2D eigenvalue weighted by Crippen LogP contribution is 2.31. The van der Waals surface area contributed by atoms with Crippen molar-refractivity contribution in [1.82, 2.24) is 5.32 Å². The van der Waals surface area contributed by atoms with Crippen LogP contribution in [0.5, 0.6) is 0 Å². The van der Waals surface area contributed by atoms with Gasteiger partial charge < -0.3 is 5.32 Å². The van der Waals surface area contributed by atoms with Gasteiger partial charge in [-0.1, -0.05) is 29.7 Å². The molecule has 1 aliphatic rings. The molecule has 1 nitrogen and oxygen atoms in total. The summed E-state index contributed by atoms with van der Waals surface area (Å²) < 4.78 is 0. The Morgan fingerprint density at radius 2 is 2.41 bits per heavy atom. The number of nitrogens with one attached hydrogen (secondary N) is 1. The van der Waals surface area contributed by atoms with E-state index in [9.17, 15) is 0 Å². The van der Waals surface area contributed by atoms with Gasteiger partial charge in [-0.2, -0.15) is 0 Å². The van der Waals surface area contributed by atoms with Crippen LogP contribution >= 0.6 is 11.8 Å². The van der Waals surface area contributed by atoms with Crippen molar-refractivity contribution in [3.63, 3.8) is 0 Å². The molecule has 0 bridgehead atoms. The van der Waals surface area contributed by atoms with Crippen LogP contribution in [-0.4, -0.2) is 18.1 Å².